The van der Waals surface area contributed by atoms with Gasteiger partial charge in [0.25, 0.3) is 0 Å². The Bertz CT molecular complexity index is 688. The molecule has 0 spiro atoms. The zero-order chi connectivity index (χ0) is 18.9. The summed E-state index contributed by atoms with van der Waals surface area (Å²) >= 11 is 0. The summed E-state index contributed by atoms with van der Waals surface area (Å²) in [4.78, 5) is 23.9. The van der Waals surface area contributed by atoms with Crippen LogP contribution in [0.1, 0.15) is 45.6 Å². The molecule has 1 aromatic carbocycles. The smallest absolute Gasteiger partial charge is 0.408 e. The van der Waals surface area contributed by atoms with Gasteiger partial charge in [-0.2, -0.15) is 0 Å². The van der Waals surface area contributed by atoms with Crippen molar-refractivity contribution in [1.29, 1.82) is 0 Å². The monoisotopic (exact) mass is 358 g/mol. The van der Waals surface area contributed by atoms with E-state index in [4.69, 9.17) is 4.74 Å². The quantitative estimate of drug-likeness (QED) is 0.799. The summed E-state index contributed by atoms with van der Waals surface area (Å²) in [5.41, 5.74) is -1.20. The number of piperidine rings is 1. The highest BCUT2D eigenvalue weighted by Gasteiger charge is 2.38. The minimum absolute atomic E-state index is 0.0798. The molecule has 1 aliphatic heterocycles. The van der Waals surface area contributed by atoms with Crippen molar-refractivity contribution in [3.63, 3.8) is 0 Å². The number of alkyl carbamates (subject to hydrolysis) is 1. The Hall–Kier alpha value is -2.25. The molecule has 0 radical (unpaired) electrons. The molecule has 2 rings (SSSR count). The molecule has 0 aromatic heterocycles. The minimum Gasteiger partial charge on any atom is -0.444 e. The van der Waals surface area contributed by atoms with Gasteiger partial charge >= 0.3 is 6.09 Å². The third-order valence-electron chi connectivity index (χ3n) is 3.92. The predicted molar refractivity (Wildman–Crippen MR) is 84.4 cm³/mol. The number of hydrogen-bond acceptors (Lipinski definition) is 3. The second kappa shape index (κ2) is 6.93. The van der Waals surface area contributed by atoms with Crippen molar-refractivity contribution in [2.75, 3.05) is 0 Å². The summed E-state index contributed by atoms with van der Waals surface area (Å²) in [6, 6.07) is -0.128. The molecule has 0 unspecified atom stereocenters. The van der Waals surface area contributed by atoms with Gasteiger partial charge in [-0.05, 0) is 46.2 Å². The summed E-state index contributed by atoms with van der Waals surface area (Å²) in [6.45, 7) is 6.55. The number of benzene rings is 1. The molecule has 1 aromatic rings. The summed E-state index contributed by atoms with van der Waals surface area (Å²) in [5.74, 6) is -4.69. The molecule has 1 aliphatic rings. The molecule has 2 amide bonds. The highest BCUT2D eigenvalue weighted by atomic mass is 19.2. The fourth-order valence-electron chi connectivity index (χ4n) is 2.82. The lowest BCUT2D eigenvalue weighted by atomic mass is 9.82. The predicted octanol–water partition coefficient (Wildman–Crippen LogP) is 2.99. The fraction of sp³-hybridized carbons (Fsp3) is 0.529. The lowest BCUT2D eigenvalue weighted by Gasteiger charge is -2.35. The standard InChI is InChI=1S/C17H21F3N2O3/c1-8-9(13-10(18)5-6-11(19)14(13)20)7-12(15(23)21-8)22-16(24)25-17(2,3)4/h5-6,8-9,12H,7H2,1-4H3,(H,21,23)(H,22,24)/t8-,9-,12+/m0/s1. The van der Waals surface area contributed by atoms with Gasteiger partial charge in [0.1, 0.15) is 17.5 Å². The third-order valence-corrected chi connectivity index (χ3v) is 3.92. The van der Waals surface area contributed by atoms with E-state index >= 15 is 0 Å². The van der Waals surface area contributed by atoms with E-state index in [0.717, 1.165) is 6.07 Å². The lowest BCUT2D eigenvalue weighted by Crippen LogP contribution is -2.56. The van der Waals surface area contributed by atoms with Crippen molar-refractivity contribution in [3.8, 4) is 0 Å². The lowest BCUT2D eigenvalue weighted by molar-refractivity contribution is -0.126. The van der Waals surface area contributed by atoms with Crippen molar-refractivity contribution in [3.05, 3.63) is 35.1 Å². The first-order chi connectivity index (χ1) is 11.5. The van der Waals surface area contributed by atoms with Gasteiger partial charge in [0.15, 0.2) is 11.6 Å². The zero-order valence-corrected chi connectivity index (χ0v) is 14.5. The van der Waals surface area contributed by atoms with E-state index in [9.17, 15) is 22.8 Å². The molecule has 0 saturated carbocycles. The molecule has 0 aliphatic carbocycles. The Kier molecular flexibility index (Phi) is 5.29. The van der Waals surface area contributed by atoms with Gasteiger partial charge in [-0.1, -0.05) is 0 Å². The van der Waals surface area contributed by atoms with E-state index < -0.39 is 58.6 Å². The highest BCUT2D eigenvalue weighted by Crippen LogP contribution is 2.33. The molecule has 1 heterocycles. The van der Waals surface area contributed by atoms with Gasteiger partial charge in [0.05, 0.1) is 0 Å². The average molecular weight is 358 g/mol. The zero-order valence-electron chi connectivity index (χ0n) is 14.5. The number of ether oxygens (including phenoxy) is 1. The maximum atomic E-state index is 14.1. The van der Waals surface area contributed by atoms with Crippen LogP contribution in [0, 0.1) is 17.5 Å². The Morgan fingerprint density at radius 3 is 2.44 bits per heavy atom. The average Bonchev–Trinajstić information content (AvgIpc) is 2.46. The molecular formula is C17H21F3N2O3. The third kappa shape index (κ3) is 4.43. The fourth-order valence-corrected chi connectivity index (χ4v) is 2.82. The van der Waals surface area contributed by atoms with Crippen LogP contribution >= 0.6 is 0 Å². The molecule has 25 heavy (non-hydrogen) atoms. The summed E-state index contributed by atoms with van der Waals surface area (Å²) < 4.78 is 46.7. The van der Waals surface area contributed by atoms with Crippen LogP contribution in [0.15, 0.2) is 12.1 Å². The normalized spacial score (nSPS) is 23.8. The van der Waals surface area contributed by atoms with Crippen LogP contribution in [0.25, 0.3) is 0 Å². The number of rotatable bonds is 2. The summed E-state index contributed by atoms with van der Waals surface area (Å²) in [6.07, 6.45) is -0.898. The van der Waals surface area contributed by atoms with E-state index in [0.29, 0.717) is 6.07 Å². The second-order valence-corrected chi connectivity index (χ2v) is 7.10. The molecule has 0 bridgehead atoms. The number of carbonyl (C=O) groups is 2. The van der Waals surface area contributed by atoms with E-state index in [1.165, 1.54) is 0 Å². The van der Waals surface area contributed by atoms with Gasteiger partial charge in [-0.25, -0.2) is 18.0 Å². The van der Waals surface area contributed by atoms with E-state index in [1.807, 2.05) is 0 Å². The van der Waals surface area contributed by atoms with Crippen LogP contribution in [0.5, 0.6) is 0 Å². The van der Waals surface area contributed by atoms with Crippen molar-refractivity contribution >= 4 is 12.0 Å². The summed E-state index contributed by atoms with van der Waals surface area (Å²) in [7, 11) is 0. The van der Waals surface area contributed by atoms with Crippen molar-refractivity contribution in [2.45, 2.75) is 57.7 Å². The maximum absolute atomic E-state index is 14.1. The van der Waals surface area contributed by atoms with Crippen LogP contribution in [-0.2, 0) is 9.53 Å². The van der Waals surface area contributed by atoms with Crippen molar-refractivity contribution < 1.29 is 27.5 Å². The molecule has 3 atom stereocenters. The number of nitrogens with one attached hydrogen (secondary N) is 2. The van der Waals surface area contributed by atoms with E-state index in [-0.39, 0.29) is 6.42 Å². The van der Waals surface area contributed by atoms with Crippen LogP contribution in [0.2, 0.25) is 0 Å². The van der Waals surface area contributed by atoms with Crippen LogP contribution < -0.4 is 10.6 Å². The van der Waals surface area contributed by atoms with Gasteiger partial charge in [-0.15, -0.1) is 0 Å². The topological polar surface area (TPSA) is 67.4 Å². The first-order valence-electron chi connectivity index (χ1n) is 7.93. The maximum Gasteiger partial charge on any atom is 0.408 e. The Labute approximate surface area is 143 Å². The number of amides is 2. The van der Waals surface area contributed by atoms with Gasteiger partial charge in [0, 0.05) is 17.5 Å². The summed E-state index contributed by atoms with van der Waals surface area (Å²) in [5, 5.41) is 4.94. The Balaban J connectivity index is 2.23. The van der Waals surface area contributed by atoms with Crippen LogP contribution in [0.3, 0.4) is 0 Å². The Morgan fingerprint density at radius 2 is 1.84 bits per heavy atom. The molecule has 1 saturated heterocycles. The number of halogens is 3. The number of hydrogen-bond donors (Lipinski definition) is 2. The van der Waals surface area contributed by atoms with Crippen molar-refractivity contribution in [2.24, 2.45) is 0 Å². The molecule has 138 valence electrons. The molecule has 1 fully saturated rings. The molecule has 5 nitrogen and oxygen atoms in total. The first-order valence-corrected chi connectivity index (χ1v) is 7.93. The number of carbonyl (C=O) groups excluding carboxylic acids is 2. The van der Waals surface area contributed by atoms with Gasteiger partial charge < -0.3 is 15.4 Å². The molecular weight excluding hydrogens is 337 g/mol. The van der Waals surface area contributed by atoms with Crippen LogP contribution in [0.4, 0.5) is 18.0 Å². The Morgan fingerprint density at radius 1 is 1.24 bits per heavy atom. The SMILES string of the molecule is C[C@@H]1NC(=O)[C@H](NC(=O)OC(C)(C)C)C[C@@H]1c1c(F)ccc(F)c1F. The van der Waals surface area contributed by atoms with Gasteiger partial charge in [0.2, 0.25) is 5.91 Å². The van der Waals surface area contributed by atoms with E-state index in [1.54, 1.807) is 27.7 Å². The van der Waals surface area contributed by atoms with E-state index in [2.05, 4.69) is 10.6 Å². The molecule has 8 heteroatoms. The van der Waals surface area contributed by atoms with Crippen molar-refractivity contribution in [1.82, 2.24) is 10.6 Å². The second-order valence-electron chi connectivity index (χ2n) is 7.10. The largest absolute Gasteiger partial charge is 0.444 e. The first kappa shape index (κ1) is 19.1. The van der Waals surface area contributed by atoms with Crippen LogP contribution in [-0.4, -0.2) is 29.7 Å². The van der Waals surface area contributed by atoms with Gasteiger partial charge in [-0.3, -0.25) is 4.79 Å². The molecule has 2 N–H and O–H groups in total. The minimum atomic E-state index is -1.29. The highest BCUT2D eigenvalue weighted by molar-refractivity contribution is 5.86.